The summed E-state index contributed by atoms with van der Waals surface area (Å²) in [6.07, 6.45) is 7.90. The molecule has 2 aromatic rings. The normalized spacial score (nSPS) is 18.6. The van der Waals surface area contributed by atoms with Crippen LogP contribution >= 0.6 is 15.9 Å². The molecule has 4 nitrogen and oxygen atoms in total. The lowest BCUT2D eigenvalue weighted by atomic mass is 9.92. The number of nitrogens with two attached hydrogens (primary N) is 1. The monoisotopic (exact) mass is 322 g/mol. The van der Waals surface area contributed by atoms with Gasteiger partial charge in [-0.3, -0.25) is 4.68 Å². The molecule has 3 rings (SSSR count). The molecule has 1 aliphatic rings. The van der Waals surface area contributed by atoms with E-state index in [-0.39, 0.29) is 6.04 Å². The molecule has 1 atom stereocenters. The smallest absolute Gasteiger partial charge is 0.0739 e. The third kappa shape index (κ3) is 2.25. The van der Waals surface area contributed by atoms with Crippen molar-refractivity contribution >= 4 is 15.9 Å². The minimum Gasteiger partial charge on any atom is -0.348 e. The Morgan fingerprint density at radius 1 is 1.47 bits per heavy atom. The number of hydrogen-bond donors (Lipinski definition) is 1. The summed E-state index contributed by atoms with van der Waals surface area (Å²) in [5.41, 5.74) is 11.1. The number of halogens is 1. The van der Waals surface area contributed by atoms with Gasteiger partial charge in [-0.25, -0.2) is 0 Å². The summed E-state index contributed by atoms with van der Waals surface area (Å²) in [5.74, 6) is 0. The van der Waals surface area contributed by atoms with E-state index in [1.807, 2.05) is 18.7 Å². The summed E-state index contributed by atoms with van der Waals surface area (Å²) in [7, 11) is 1.99. The van der Waals surface area contributed by atoms with E-state index in [0.717, 1.165) is 29.6 Å². The Morgan fingerprint density at radius 3 is 2.89 bits per heavy atom. The Hall–Kier alpha value is -1.07. The molecule has 2 heterocycles. The summed E-state index contributed by atoms with van der Waals surface area (Å²) in [4.78, 5) is 0. The molecule has 0 bridgehead atoms. The van der Waals surface area contributed by atoms with Crippen LogP contribution < -0.4 is 5.73 Å². The van der Waals surface area contributed by atoms with Crippen LogP contribution in [-0.4, -0.2) is 14.3 Å². The van der Waals surface area contributed by atoms with Crippen LogP contribution in [-0.2, 0) is 20.0 Å². The highest BCUT2D eigenvalue weighted by Gasteiger charge is 2.19. The number of fused-ring (bicyclic) bond motifs is 1. The molecule has 0 fully saturated rings. The van der Waals surface area contributed by atoms with Crippen molar-refractivity contribution < 1.29 is 0 Å². The fraction of sp³-hybridized carbons (Fsp3) is 0.500. The Balaban J connectivity index is 1.92. The van der Waals surface area contributed by atoms with Gasteiger partial charge >= 0.3 is 0 Å². The highest BCUT2D eigenvalue weighted by Crippen LogP contribution is 2.29. The quantitative estimate of drug-likeness (QED) is 0.924. The molecule has 5 heteroatoms. The van der Waals surface area contributed by atoms with Crippen molar-refractivity contribution in [1.29, 1.82) is 0 Å². The van der Waals surface area contributed by atoms with Gasteiger partial charge in [-0.15, -0.1) is 0 Å². The van der Waals surface area contributed by atoms with Crippen molar-refractivity contribution in [2.75, 3.05) is 0 Å². The maximum atomic E-state index is 6.18. The lowest BCUT2D eigenvalue weighted by molar-refractivity contribution is 0.573. The molecule has 2 N–H and O–H groups in total. The number of aryl methyl sites for hydroxylation is 3. The van der Waals surface area contributed by atoms with Crippen LogP contribution in [0.15, 0.2) is 16.9 Å². The summed E-state index contributed by atoms with van der Waals surface area (Å²) >= 11 is 3.62. The number of nitrogens with zero attached hydrogens (tertiary/aromatic N) is 3. The van der Waals surface area contributed by atoms with Crippen LogP contribution in [0.4, 0.5) is 0 Å². The fourth-order valence-corrected chi connectivity index (χ4v) is 3.36. The molecule has 0 amide bonds. The van der Waals surface area contributed by atoms with Gasteiger partial charge in [0.2, 0.25) is 0 Å². The van der Waals surface area contributed by atoms with Gasteiger partial charge in [0.1, 0.15) is 0 Å². The van der Waals surface area contributed by atoms with Gasteiger partial charge in [-0.1, -0.05) is 0 Å². The lowest BCUT2D eigenvalue weighted by Gasteiger charge is -2.17. The van der Waals surface area contributed by atoms with E-state index in [1.165, 1.54) is 23.2 Å². The molecular weight excluding hydrogens is 304 g/mol. The predicted molar refractivity (Wildman–Crippen MR) is 79.0 cm³/mol. The average molecular weight is 323 g/mol. The maximum Gasteiger partial charge on any atom is 0.0739 e. The Labute approximate surface area is 121 Å². The van der Waals surface area contributed by atoms with E-state index in [9.17, 15) is 0 Å². The van der Waals surface area contributed by atoms with Crippen LogP contribution in [0, 0.1) is 6.92 Å². The highest BCUT2D eigenvalue weighted by molar-refractivity contribution is 9.10. The minimum atomic E-state index is 0.210. The maximum absolute atomic E-state index is 6.18. The van der Waals surface area contributed by atoms with Gasteiger partial charge in [-0.05, 0) is 53.2 Å². The van der Waals surface area contributed by atoms with Gasteiger partial charge in [0.05, 0.1) is 22.4 Å². The molecule has 1 aliphatic carbocycles. The molecule has 102 valence electrons. The van der Waals surface area contributed by atoms with E-state index >= 15 is 0 Å². The number of hydrogen-bond acceptors (Lipinski definition) is 2. The third-order valence-electron chi connectivity index (χ3n) is 3.95. The second kappa shape index (κ2) is 4.80. The first-order valence-corrected chi connectivity index (χ1v) is 7.47. The second-order valence-electron chi connectivity index (χ2n) is 5.38. The van der Waals surface area contributed by atoms with Crippen molar-refractivity contribution in [2.24, 2.45) is 12.8 Å². The predicted octanol–water partition coefficient (Wildman–Crippen LogP) is 2.68. The van der Waals surface area contributed by atoms with Gasteiger partial charge in [0, 0.05) is 25.5 Å². The molecule has 0 aromatic carbocycles. The number of rotatable bonds is 2. The Kier molecular flexibility index (Phi) is 3.27. The van der Waals surface area contributed by atoms with Crippen molar-refractivity contribution in [1.82, 2.24) is 14.3 Å². The highest BCUT2D eigenvalue weighted by atomic mass is 79.9. The molecule has 2 aromatic heterocycles. The van der Waals surface area contributed by atoms with Gasteiger partial charge in [0.15, 0.2) is 0 Å². The molecule has 0 saturated carbocycles. The SMILES string of the molecule is Cc1nn(C)c(Cn2cc3c(c2)C(N)CCC3)c1Br. The van der Waals surface area contributed by atoms with Crippen molar-refractivity contribution in [3.63, 3.8) is 0 Å². The largest absolute Gasteiger partial charge is 0.348 e. The van der Waals surface area contributed by atoms with E-state index in [0.29, 0.717) is 0 Å². The Morgan fingerprint density at radius 2 is 2.26 bits per heavy atom. The molecule has 19 heavy (non-hydrogen) atoms. The van der Waals surface area contributed by atoms with Crippen molar-refractivity contribution in [3.05, 3.63) is 39.4 Å². The average Bonchev–Trinajstić information content (AvgIpc) is 2.88. The molecule has 0 spiro atoms. The summed E-state index contributed by atoms with van der Waals surface area (Å²) in [6, 6.07) is 0.210. The summed E-state index contributed by atoms with van der Waals surface area (Å²) < 4.78 is 5.28. The van der Waals surface area contributed by atoms with Crippen LogP contribution in [0.3, 0.4) is 0 Å². The van der Waals surface area contributed by atoms with E-state index in [2.05, 4.69) is 38.0 Å². The summed E-state index contributed by atoms with van der Waals surface area (Å²) in [5, 5.41) is 4.44. The molecule has 0 saturated heterocycles. The fourth-order valence-electron chi connectivity index (χ4n) is 2.90. The summed E-state index contributed by atoms with van der Waals surface area (Å²) in [6.45, 7) is 2.85. The van der Waals surface area contributed by atoms with Gasteiger partial charge in [0.25, 0.3) is 0 Å². The van der Waals surface area contributed by atoms with Crippen molar-refractivity contribution in [2.45, 2.75) is 38.8 Å². The zero-order chi connectivity index (χ0) is 13.6. The topological polar surface area (TPSA) is 48.8 Å². The van der Waals surface area contributed by atoms with Crippen LogP contribution in [0.25, 0.3) is 0 Å². The first-order valence-electron chi connectivity index (χ1n) is 6.68. The molecule has 0 aliphatic heterocycles. The first kappa shape index (κ1) is 12.9. The molecule has 0 radical (unpaired) electrons. The Bertz CT molecular complexity index is 611. The first-order chi connectivity index (χ1) is 9.06. The number of aromatic nitrogens is 3. The van der Waals surface area contributed by atoms with Crippen LogP contribution in [0.1, 0.15) is 41.4 Å². The van der Waals surface area contributed by atoms with E-state index < -0.39 is 0 Å². The van der Waals surface area contributed by atoms with E-state index in [1.54, 1.807) is 0 Å². The minimum absolute atomic E-state index is 0.210. The zero-order valence-corrected chi connectivity index (χ0v) is 12.9. The molecular formula is C14H19BrN4. The third-order valence-corrected chi connectivity index (χ3v) is 4.98. The van der Waals surface area contributed by atoms with Crippen molar-refractivity contribution in [3.8, 4) is 0 Å². The van der Waals surface area contributed by atoms with Gasteiger partial charge in [-0.2, -0.15) is 5.10 Å². The second-order valence-corrected chi connectivity index (χ2v) is 6.17. The van der Waals surface area contributed by atoms with Crippen LogP contribution in [0.2, 0.25) is 0 Å². The molecule has 1 unspecified atom stereocenters. The lowest BCUT2D eigenvalue weighted by Crippen LogP contribution is -2.15. The zero-order valence-electron chi connectivity index (χ0n) is 11.4. The van der Waals surface area contributed by atoms with Gasteiger partial charge < -0.3 is 10.3 Å². The van der Waals surface area contributed by atoms with E-state index in [4.69, 9.17) is 5.73 Å². The standard InChI is InChI=1S/C14H19BrN4/c1-9-14(15)13(18(2)17-9)8-19-6-10-4-3-5-12(16)11(10)7-19/h6-7,12H,3-5,8,16H2,1-2H3. The van der Waals surface area contributed by atoms with Crippen LogP contribution in [0.5, 0.6) is 0 Å².